The molecule has 0 amide bonds. The van der Waals surface area contributed by atoms with E-state index in [1.807, 2.05) is 18.2 Å². The highest BCUT2D eigenvalue weighted by atomic mass is 16.5. The van der Waals surface area contributed by atoms with E-state index >= 15 is 0 Å². The van der Waals surface area contributed by atoms with Gasteiger partial charge in [0.15, 0.2) is 11.6 Å². The van der Waals surface area contributed by atoms with E-state index in [0.29, 0.717) is 42.7 Å². The fraction of sp³-hybridized carbons (Fsp3) is 0.455. The fourth-order valence-corrected chi connectivity index (χ4v) is 4.37. The smallest absolute Gasteiger partial charge is 0.216 e. The SMILES string of the molecule is CN1CCN(Cc2nc3nc(-c4cccc5[nH]cnc45)nc(N4CCOCC4)c3o2)CC1. The van der Waals surface area contributed by atoms with Gasteiger partial charge in [-0.05, 0) is 19.2 Å². The van der Waals surface area contributed by atoms with Crippen molar-refractivity contribution in [2.24, 2.45) is 0 Å². The number of hydrogen-bond donors (Lipinski definition) is 1. The van der Waals surface area contributed by atoms with Crippen LogP contribution in [0.25, 0.3) is 33.7 Å². The van der Waals surface area contributed by atoms with Crippen molar-refractivity contribution in [3.8, 4) is 11.4 Å². The van der Waals surface area contributed by atoms with Gasteiger partial charge in [0.05, 0.1) is 37.1 Å². The number of fused-ring (bicyclic) bond motifs is 2. The number of para-hydroxylation sites is 1. The highest BCUT2D eigenvalue weighted by Gasteiger charge is 2.24. The lowest BCUT2D eigenvalue weighted by Crippen LogP contribution is -2.43. The standard InChI is InChI=1S/C22H26N8O2/c1-28-5-7-29(8-6-28)13-17-25-21-19(32-17)22(30-9-11-31-12-10-30)27-20(26-21)15-3-2-4-16-18(15)24-14-23-16/h2-4,14H,5-13H2,1H3,(H,23,24). The number of rotatable bonds is 4. The first-order chi connectivity index (χ1) is 15.7. The third-order valence-corrected chi connectivity index (χ3v) is 6.24. The van der Waals surface area contributed by atoms with Crippen LogP contribution < -0.4 is 4.90 Å². The number of imidazole rings is 1. The van der Waals surface area contributed by atoms with Crippen LogP contribution in [0.2, 0.25) is 0 Å². The van der Waals surface area contributed by atoms with Gasteiger partial charge in [0.2, 0.25) is 17.1 Å². The highest BCUT2D eigenvalue weighted by molar-refractivity contribution is 5.92. The van der Waals surface area contributed by atoms with Crippen molar-refractivity contribution in [1.82, 2.24) is 34.7 Å². The summed E-state index contributed by atoms with van der Waals surface area (Å²) < 4.78 is 11.8. The van der Waals surface area contributed by atoms with Crippen molar-refractivity contribution in [3.05, 3.63) is 30.4 Å². The largest absolute Gasteiger partial charge is 0.434 e. The van der Waals surface area contributed by atoms with Crippen LogP contribution in [0.1, 0.15) is 5.89 Å². The third kappa shape index (κ3) is 3.60. The molecular weight excluding hydrogens is 408 g/mol. The van der Waals surface area contributed by atoms with Gasteiger partial charge in [0.25, 0.3) is 0 Å². The fourth-order valence-electron chi connectivity index (χ4n) is 4.37. The zero-order valence-corrected chi connectivity index (χ0v) is 18.1. The van der Waals surface area contributed by atoms with Crippen molar-refractivity contribution in [3.63, 3.8) is 0 Å². The van der Waals surface area contributed by atoms with Crippen LogP contribution >= 0.6 is 0 Å². The zero-order chi connectivity index (χ0) is 21.5. The number of ether oxygens (including phenoxy) is 1. The maximum absolute atomic E-state index is 6.25. The summed E-state index contributed by atoms with van der Waals surface area (Å²) in [6.45, 7) is 7.63. The first-order valence-corrected chi connectivity index (χ1v) is 11.1. The molecule has 10 heteroatoms. The number of aromatic nitrogens is 5. The molecule has 0 spiro atoms. The quantitative estimate of drug-likeness (QED) is 0.515. The highest BCUT2D eigenvalue weighted by Crippen LogP contribution is 2.31. The van der Waals surface area contributed by atoms with Gasteiger partial charge < -0.3 is 23.9 Å². The lowest BCUT2D eigenvalue weighted by atomic mass is 10.1. The predicted molar refractivity (Wildman–Crippen MR) is 120 cm³/mol. The number of nitrogens with zero attached hydrogens (tertiary/aromatic N) is 7. The molecule has 6 rings (SSSR count). The molecule has 10 nitrogen and oxygen atoms in total. The van der Waals surface area contributed by atoms with Gasteiger partial charge in [0, 0.05) is 44.8 Å². The second-order valence-corrected chi connectivity index (χ2v) is 8.41. The molecule has 0 unspecified atom stereocenters. The van der Waals surface area contributed by atoms with Gasteiger partial charge in [-0.15, -0.1) is 0 Å². The minimum Gasteiger partial charge on any atom is -0.434 e. The number of benzene rings is 1. The lowest BCUT2D eigenvalue weighted by molar-refractivity contribution is 0.122. The van der Waals surface area contributed by atoms with E-state index in [9.17, 15) is 0 Å². The number of oxazole rings is 1. The van der Waals surface area contributed by atoms with Gasteiger partial charge in [-0.2, -0.15) is 4.98 Å². The Kier molecular flexibility index (Phi) is 4.97. The molecule has 2 aliphatic rings. The summed E-state index contributed by atoms with van der Waals surface area (Å²) in [5, 5.41) is 0. The van der Waals surface area contributed by atoms with Crippen molar-refractivity contribution >= 4 is 28.1 Å². The number of anilines is 1. The number of hydrogen-bond acceptors (Lipinski definition) is 9. The Labute approximate surface area is 185 Å². The molecule has 0 aliphatic carbocycles. The number of likely N-dealkylation sites (N-methyl/N-ethyl adjacent to an activating group) is 1. The summed E-state index contributed by atoms with van der Waals surface area (Å²) in [4.78, 5) is 29.1. The molecule has 2 fully saturated rings. The molecule has 3 aromatic heterocycles. The van der Waals surface area contributed by atoms with Gasteiger partial charge >= 0.3 is 0 Å². The molecule has 2 aliphatic heterocycles. The summed E-state index contributed by atoms with van der Waals surface area (Å²) in [5.74, 6) is 2.07. The molecule has 2 saturated heterocycles. The lowest BCUT2D eigenvalue weighted by Gasteiger charge is -2.31. The Morgan fingerprint density at radius 1 is 1.00 bits per heavy atom. The molecular formula is C22H26N8O2. The van der Waals surface area contributed by atoms with E-state index < -0.39 is 0 Å². The Hall–Kier alpha value is -3.08. The van der Waals surface area contributed by atoms with Crippen molar-refractivity contribution in [2.75, 3.05) is 64.4 Å². The van der Waals surface area contributed by atoms with E-state index in [1.165, 1.54) is 0 Å². The molecule has 1 aromatic carbocycles. The van der Waals surface area contributed by atoms with E-state index in [1.54, 1.807) is 6.33 Å². The molecule has 0 atom stereocenters. The molecule has 166 valence electrons. The predicted octanol–water partition coefficient (Wildman–Crippen LogP) is 1.75. The van der Waals surface area contributed by atoms with E-state index in [-0.39, 0.29) is 0 Å². The van der Waals surface area contributed by atoms with Crippen molar-refractivity contribution in [1.29, 1.82) is 0 Å². The van der Waals surface area contributed by atoms with Crippen molar-refractivity contribution in [2.45, 2.75) is 6.54 Å². The summed E-state index contributed by atoms with van der Waals surface area (Å²) in [7, 11) is 2.16. The van der Waals surface area contributed by atoms with Crippen LogP contribution in [0, 0.1) is 0 Å². The van der Waals surface area contributed by atoms with Gasteiger partial charge in [-0.3, -0.25) is 4.90 Å². The normalized spacial score (nSPS) is 18.7. The average molecular weight is 435 g/mol. The maximum Gasteiger partial charge on any atom is 0.216 e. The minimum absolute atomic E-state index is 0.591. The maximum atomic E-state index is 6.25. The summed E-state index contributed by atoms with van der Waals surface area (Å²) in [5.41, 5.74) is 3.92. The summed E-state index contributed by atoms with van der Waals surface area (Å²) >= 11 is 0. The Morgan fingerprint density at radius 3 is 2.69 bits per heavy atom. The molecule has 0 radical (unpaired) electrons. The van der Waals surface area contributed by atoms with E-state index in [4.69, 9.17) is 24.1 Å². The molecule has 4 aromatic rings. The summed E-state index contributed by atoms with van der Waals surface area (Å²) in [6, 6.07) is 5.98. The second kappa shape index (κ2) is 8.12. The number of H-pyrrole nitrogens is 1. The number of nitrogens with one attached hydrogen (secondary N) is 1. The van der Waals surface area contributed by atoms with E-state index in [2.05, 4.69) is 31.7 Å². The van der Waals surface area contributed by atoms with Crippen LogP contribution in [0.4, 0.5) is 5.82 Å². The Bertz CT molecular complexity index is 1240. The number of piperazine rings is 1. The molecule has 0 bridgehead atoms. The first kappa shape index (κ1) is 19.6. The van der Waals surface area contributed by atoms with Crippen LogP contribution in [0.15, 0.2) is 28.9 Å². The van der Waals surface area contributed by atoms with Gasteiger partial charge in [-0.25, -0.2) is 15.0 Å². The third-order valence-electron chi connectivity index (χ3n) is 6.24. The molecule has 5 heterocycles. The molecule has 1 N–H and O–H groups in total. The Balaban J connectivity index is 1.43. The second-order valence-electron chi connectivity index (χ2n) is 8.41. The number of aromatic amines is 1. The van der Waals surface area contributed by atoms with Crippen LogP contribution in [-0.4, -0.2) is 94.2 Å². The first-order valence-electron chi connectivity index (χ1n) is 11.1. The monoisotopic (exact) mass is 434 g/mol. The number of morpholine rings is 1. The van der Waals surface area contributed by atoms with Gasteiger partial charge in [0.1, 0.15) is 0 Å². The van der Waals surface area contributed by atoms with Crippen LogP contribution in [0.3, 0.4) is 0 Å². The topological polar surface area (TPSA) is 99.4 Å². The summed E-state index contributed by atoms with van der Waals surface area (Å²) in [6.07, 6.45) is 1.69. The van der Waals surface area contributed by atoms with Gasteiger partial charge in [-0.1, -0.05) is 6.07 Å². The van der Waals surface area contributed by atoms with Crippen LogP contribution in [0.5, 0.6) is 0 Å². The van der Waals surface area contributed by atoms with Crippen molar-refractivity contribution < 1.29 is 9.15 Å². The van der Waals surface area contributed by atoms with E-state index in [0.717, 1.165) is 61.7 Å². The zero-order valence-electron chi connectivity index (χ0n) is 18.1. The minimum atomic E-state index is 0.591. The average Bonchev–Trinajstić information content (AvgIpc) is 3.47. The van der Waals surface area contributed by atoms with Crippen LogP contribution in [-0.2, 0) is 11.3 Å². The molecule has 0 saturated carbocycles. The molecule has 32 heavy (non-hydrogen) atoms. The Morgan fingerprint density at radius 2 is 1.84 bits per heavy atom.